The Labute approximate surface area is 146 Å². The highest BCUT2D eigenvalue weighted by atomic mass is 16.5. The third kappa shape index (κ3) is 3.96. The smallest absolute Gasteiger partial charge is 0.254 e. The number of nitrogens with one attached hydrogen (secondary N) is 2. The van der Waals surface area contributed by atoms with Gasteiger partial charge in [0.15, 0.2) is 0 Å². The van der Waals surface area contributed by atoms with E-state index in [1.165, 1.54) is 5.56 Å². The van der Waals surface area contributed by atoms with E-state index in [0.717, 1.165) is 12.0 Å². The van der Waals surface area contributed by atoms with Crippen molar-refractivity contribution in [2.75, 3.05) is 13.2 Å². The van der Waals surface area contributed by atoms with Crippen molar-refractivity contribution in [3.05, 3.63) is 62.8 Å². The zero-order valence-electron chi connectivity index (χ0n) is 14.6. The van der Waals surface area contributed by atoms with Crippen molar-refractivity contribution in [1.82, 2.24) is 15.3 Å². The molecule has 0 unspecified atom stereocenters. The second-order valence-corrected chi connectivity index (χ2v) is 6.22. The van der Waals surface area contributed by atoms with Crippen LogP contribution in [-0.2, 0) is 28.8 Å². The first-order valence-electron chi connectivity index (χ1n) is 8.63. The fourth-order valence-corrected chi connectivity index (χ4v) is 3.12. The molecule has 0 aliphatic carbocycles. The van der Waals surface area contributed by atoms with Crippen LogP contribution in [0.5, 0.6) is 0 Å². The Morgan fingerprint density at radius 1 is 1.40 bits per heavy atom. The fourth-order valence-electron chi connectivity index (χ4n) is 3.12. The van der Waals surface area contributed by atoms with Gasteiger partial charge in [-0.3, -0.25) is 9.59 Å². The Hall–Kier alpha value is -2.47. The molecule has 2 heterocycles. The molecule has 0 fully saturated rings. The molecular weight excluding hydrogens is 318 g/mol. The Bertz CT molecular complexity index is 829. The van der Waals surface area contributed by atoms with Crippen molar-refractivity contribution in [3.63, 3.8) is 0 Å². The Balaban J connectivity index is 1.64. The number of ether oxygens (including phenoxy) is 1. The predicted octanol–water partition coefficient (Wildman–Crippen LogP) is 1.61. The van der Waals surface area contributed by atoms with Gasteiger partial charge in [0.2, 0.25) is 5.91 Å². The average Bonchev–Trinajstić information content (AvgIpc) is 2.62. The normalized spacial score (nSPS) is 16.3. The van der Waals surface area contributed by atoms with Gasteiger partial charge in [0, 0.05) is 24.2 Å². The minimum absolute atomic E-state index is 0.0204. The van der Waals surface area contributed by atoms with Crippen LogP contribution < -0.4 is 10.9 Å². The van der Waals surface area contributed by atoms with Gasteiger partial charge in [0.25, 0.3) is 5.56 Å². The van der Waals surface area contributed by atoms with Gasteiger partial charge in [-0.15, -0.1) is 0 Å². The molecule has 1 amide bonds. The maximum atomic E-state index is 12.3. The van der Waals surface area contributed by atoms with E-state index >= 15 is 0 Å². The third-order valence-corrected chi connectivity index (χ3v) is 4.52. The largest absolute Gasteiger partial charge is 0.371 e. The number of rotatable bonds is 5. The summed E-state index contributed by atoms with van der Waals surface area (Å²) in [6.07, 6.45) is 1.42. The van der Waals surface area contributed by atoms with E-state index < -0.39 is 0 Å². The molecule has 0 bridgehead atoms. The van der Waals surface area contributed by atoms with Crippen LogP contribution in [0.25, 0.3) is 0 Å². The number of hydrogen-bond donors (Lipinski definition) is 2. The van der Waals surface area contributed by atoms with Crippen LogP contribution in [0.2, 0.25) is 0 Å². The topological polar surface area (TPSA) is 84.1 Å². The van der Waals surface area contributed by atoms with Crippen LogP contribution in [0.1, 0.15) is 41.2 Å². The molecule has 0 saturated heterocycles. The Morgan fingerprint density at radius 3 is 2.96 bits per heavy atom. The first-order valence-corrected chi connectivity index (χ1v) is 8.63. The van der Waals surface area contributed by atoms with Crippen LogP contribution in [0.3, 0.4) is 0 Å². The molecule has 6 heteroatoms. The van der Waals surface area contributed by atoms with Gasteiger partial charge in [-0.1, -0.05) is 31.2 Å². The fraction of sp³-hybridized carbons (Fsp3) is 0.421. The van der Waals surface area contributed by atoms with E-state index in [0.29, 0.717) is 36.7 Å². The van der Waals surface area contributed by atoms with Crippen molar-refractivity contribution < 1.29 is 9.53 Å². The van der Waals surface area contributed by atoms with Gasteiger partial charge in [-0.2, -0.15) is 0 Å². The molecule has 2 N–H and O–H groups in total. The van der Waals surface area contributed by atoms with Crippen LogP contribution in [0.15, 0.2) is 29.1 Å². The highest BCUT2D eigenvalue weighted by Gasteiger charge is 2.21. The van der Waals surface area contributed by atoms with Crippen LogP contribution in [-0.4, -0.2) is 29.0 Å². The van der Waals surface area contributed by atoms with Crippen molar-refractivity contribution in [3.8, 4) is 0 Å². The van der Waals surface area contributed by atoms with Gasteiger partial charge < -0.3 is 15.0 Å². The van der Waals surface area contributed by atoms with Crippen LogP contribution in [0.4, 0.5) is 0 Å². The molecule has 1 aliphatic heterocycles. The van der Waals surface area contributed by atoms with E-state index in [-0.39, 0.29) is 24.0 Å². The van der Waals surface area contributed by atoms with E-state index in [1.54, 1.807) is 6.92 Å². The molecule has 2 aromatic rings. The van der Waals surface area contributed by atoms with Crippen molar-refractivity contribution in [2.45, 2.75) is 39.2 Å². The maximum Gasteiger partial charge on any atom is 0.254 e. The number of fused-ring (bicyclic) bond motifs is 1. The molecule has 1 aromatic heterocycles. The minimum Gasteiger partial charge on any atom is -0.371 e. The zero-order chi connectivity index (χ0) is 17.8. The van der Waals surface area contributed by atoms with Gasteiger partial charge in [0.1, 0.15) is 11.9 Å². The molecule has 0 radical (unpaired) electrons. The molecule has 25 heavy (non-hydrogen) atoms. The number of carbonyl (C=O) groups excluding carboxylic acids is 1. The number of aromatic amines is 1. The third-order valence-electron chi connectivity index (χ3n) is 4.52. The van der Waals surface area contributed by atoms with E-state index in [2.05, 4.69) is 21.4 Å². The molecule has 6 nitrogen and oxygen atoms in total. The molecule has 0 saturated carbocycles. The molecule has 1 aliphatic rings. The average molecular weight is 341 g/mol. The lowest BCUT2D eigenvalue weighted by Crippen LogP contribution is -2.34. The number of amides is 1. The highest BCUT2D eigenvalue weighted by Crippen LogP contribution is 2.26. The Morgan fingerprint density at radius 2 is 2.20 bits per heavy atom. The zero-order valence-corrected chi connectivity index (χ0v) is 14.6. The number of aryl methyl sites for hydroxylation is 2. The maximum absolute atomic E-state index is 12.3. The molecule has 132 valence electrons. The lowest BCUT2D eigenvalue weighted by atomic mass is 9.97. The van der Waals surface area contributed by atoms with Crippen LogP contribution >= 0.6 is 0 Å². The summed E-state index contributed by atoms with van der Waals surface area (Å²) in [4.78, 5) is 31.4. The lowest BCUT2D eigenvalue weighted by molar-refractivity contribution is -0.121. The van der Waals surface area contributed by atoms with Crippen molar-refractivity contribution >= 4 is 5.91 Å². The van der Waals surface area contributed by atoms with Crippen LogP contribution in [0, 0.1) is 6.92 Å². The summed E-state index contributed by atoms with van der Waals surface area (Å²) in [5, 5.41) is 2.88. The molecule has 1 atom stereocenters. The van der Waals surface area contributed by atoms with Gasteiger partial charge in [-0.25, -0.2) is 4.98 Å². The van der Waals surface area contributed by atoms with E-state index in [4.69, 9.17) is 4.74 Å². The standard InChI is InChI=1S/C19H23N3O3/c1-3-17-21-12(2)15(19(24)22-17)10-18(23)20-11-16-14-7-5-4-6-13(14)8-9-25-16/h4-7,16H,3,8-11H2,1-2H3,(H,20,23)(H,21,22,24)/t16-/m1/s1. The first-order chi connectivity index (χ1) is 12.1. The number of carbonyl (C=O) groups is 1. The Kier molecular flexibility index (Phi) is 5.28. The number of benzene rings is 1. The number of nitrogens with zero attached hydrogens (tertiary/aromatic N) is 1. The summed E-state index contributed by atoms with van der Waals surface area (Å²) < 4.78 is 5.79. The van der Waals surface area contributed by atoms with Crippen molar-refractivity contribution in [1.29, 1.82) is 0 Å². The van der Waals surface area contributed by atoms with Gasteiger partial charge >= 0.3 is 0 Å². The SMILES string of the molecule is CCc1nc(C)c(CC(=O)NC[C@H]2OCCc3ccccc32)c(=O)[nH]1. The van der Waals surface area contributed by atoms with E-state index in [1.807, 2.05) is 25.1 Å². The molecule has 3 rings (SSSR count). The monoisotopic (exact) mass is 341 g/mol. The molecule has 0 spiro atoms. The summed E-state index contributed by atoms with van der Waals surface area (Å²) >= 11 is 0. The summed E-state index contributed by atoms with van der Waals surface area (Å²) in [5.74, 6) is 0.435. The summed E-state index contributed by atoms with van der Waals surface area (Å²) in [5.41, 5.74) is 3.17. The second kappa shape index (κ2) is 7.61. The highest BCUT2D eigenvalue weighted by molar-refractivity contribution is 5.78. The number of aromatic nitrogens is 2. The summed E-state index contributed by atoms with van der Waals surface area (Å²) in [6.45, 7) is 4.73. The molecular formula is C19H23N3O3. The summed E-state index contributed by atoms with van der Waals surface area (Å²) in [7, 11) is 0. The second-order valence-electron chi connectivity index (χ2n) is 6.22. The van der Waals surface area contributed by atoms with Gasteiger partial charge in [0.05, 0.1) is 13.0 Å². The molecule has 1 aromatic carbocycles. The van der Waals surface area contributed by atoms with E-state index in [9.17, 15) is 9.59 Å². The lowest BCUT2D eigenvalue weighted by Gasteiger charge is -2.26. The first kappa shape index (κ1) is 17.4. The van der Waals surface area contributed by atoms with Gasteiger partial charge in [-0.05, 0) is 24.5 Å². The number of H-pyrrole nitrogens is 1. The van der Waals surface area contributed by atoms with Crippen molar-refractivity contribution in [2.24, 2.45) is 0 Å². The quantitative estimate of drug-likeness (QED) is 0.865. The number of hydrogen-bond acceptors (Lipinski definition) is 4. The summed E-state index contributed by atoms with van der Waals surface area (Å²) in [6, 6.07) is 8.12. The minimum atomic E-state index is -0.237. The predicted molar refractivity (Wildman–Crippen MR) is 94.5 cm³/mol.